The molecule has 0 saturated heterocycles. The molecule has 0 amide bonds. The Morgan fingerprint density at radius 3 is 2.15 bits per heavy atom. The molecule has 1 N–H and O–H groups in total. The van der Waals surface area contributed by atoms with Crippen LogP contribution in [0.1, 0.15) is 60.3 Å². The van der Waals surface area contributed by atoms with E-state index in [0.717, 1.165) is 0 Å². The Bertz CT molecular complexity index is 440. The Labute approximate surface area is 141 Å². The summed E-state index contributed by atoms with van der Waals surface area (Å²) in [4.78, 5) is 3.96. The Hall–Kier alpha value is 0.371. The fourth-order valence-corrected chi connectivity index (χ4v) is 8.87. The SMILES string of the molecule is CC1=C([Si](C)(C)NC(C)(C)C)C(C)C2=C1CCCC2.[Ti]. The second kappa shape index (κ2) is 6.24. The normalized spacial score (nSPS) is 23.9. The van der Waals surface area contributed by atoms with Gasteiger partial charge in [-0.3, -0.25) is 0 Å². The Morgan fingerprint density at radius 1 is 1.10 bits per heavy atom. The van der Waals surface area contributed by atoms with Crippen molar-refractivity contribution >= 4 is 8.24 Å². The molecule has 0 aliphatic heterocycles. The molecular formula is C17H31NSiTi. The molecular weight excluding hydrogens is 294 g/mol. The maximum absolute atomic E-state index is 3.96. The van der Waals surface area contributed by atoms with Crippen molar-refractivity contribution in [1.82, 2.24) is 4.98 Å². The molecule has 0 radical (unpaired) electrons. The third-order valence-corrected chi connectivity index (χ3v) is 8.21. The van der Waals surface area contributed by atoms with Crippen molar-refractivity contribution < 1.29 is 21.7 Å². The minimum absolute atomic E-state index is 0. The van der Waals surface area contributed by atoms with Crippen molar-refractivity contribution in [3.05, 3.63) is 21.9 Å². The van der Waals surface area contributed by atoms with Gasteiger partial charge in [0.25, 0.3) is 0 Å². The third-order valence-electron chi connectivity index (χ3n) is 4.68. The van der Waals surface area contributed by atoms with Gasteiger partial charge >= 0.3 is 0 Å². The van der Waals surface area contributed by atoms with Gasteiger partial charge in [0, 0.05) is 27.3 Å². The van der Waals surface area contributed by atoms with E-state index in [1.807, 2.05) is 0 Å². The van der Waals surface area contributed by atoms with E-state index in [1.54, 1.807) is 21.9 Å². The van der Waals surface area contributed by atoms with Crippen LogP contribution in [-0.2, 0) is 21.7 Å². The summed E-state index contributed by atoms with van der Waals surface area (Å²) in [6.07, 6.45) is 5.47. The third kappa shape index (κ3) is 3.58. The first kappa shape index (κ1) is 18.4. The minimum Gasteiger partial charge on any atom is -0.329 e. The zero-order valence-corrected chi connectivity index (χ0v) is 17.0. The van der Waals surface area contributed by atoms with E-state index in [4.69, 9.17) is 0 Å². The molecule has 112 valence electrons. The summed E-state index contributed by atoms with van der Waals surface area (Å²) in [5.74, 6) is 0.701. The van der Waals surface area contributed by atoms with Crippen LogP contribution in [0, 0.1) is 5.92 Å². The number of rotatable bonds is 2. The summed E-state index contributed by atoms with van der Waals surface area (Å²) in [6, 6.07) is 0. The summed E-state index contributed by atoms with van der Waals surface area (Å²) in [5.41, 5.74) is 5.36. The van der Waals surface area contributed by atoms with Gasteiger partial charge in [0.1, 0.15) is 8.24 Å². The first-order chi connectivity index (χ1) is 8.63. The van der Waals surface area contributed by atoms with Crippen LogP contribution in [0.15, 0.2) is 21.9 Å². The zero-order valence-electron chi connectivity index (χ0n) is 14.4. The van der Waals surface area contributed by atoms with E-state index in [1.165, 1.54) is 25.7 Å². The molecule has 0 bridgehead atoms. The first-order valence-electron chi connectivity index (χ1n) is 7.86. The maximum atomic E-state index is 3.96. The first-order valence-corrected chi connectivity index (χ1v) is 10.9. The summed E-state index contributed by atoms with van der Waals surface area (Å²) in [7, 11) is -1.53. The number of nitrogens with one attached hydrogen (secondary N) is 1. The predicted octanol–water partition coefficient (Wildman–Crippen LogP) is 4.95. The van der Waals surface area contributed by atoms with Gasteiger partial charge in [-0.2, -0.15) is 0 Å². The largest absolute Gasteiger partial charge is 0.329 e. The Balaban J connectivity index is 0.00000200. The van der Waals surface area contributed by atoms with E-state index in [0.29, 0.717) is 5.92 Å². The average molecular weight is 325 g/mol. The van der Waals surface area contributed by atoms with E-state index >= 15 is 0 Å². The number of allylic oxidation sites excluding steroid dienone is 4. The summed E-state index contributed by atoms with van der Waals surface area (Å²) < 4.78 is 0. The van der Waals surface area contributed by atoms with Gasteiger partial charge < -0.3 is 4.98 Å². The van der Waals surface area contributed by atoms with Gasteiger partial charge in [0.05, 0.1) is 0 Å². The summed E-state index contributed by atoms with van der Waals surface area (Å²) >= 11 is 0. The van der Waals surface area contributed by atoms with Crippen LogP contribution < -0.4 is 4.98 Å². The molecule has 1 unspecified atom stereocenters. The zero-order chi connectivity index (χ0) is 14.4. The van der Waals surface area contributed by atoms with Gasteiger partial charge in [-0.05, 0) is 64.9 Å². The van der Waals surface area contributed by atoms with Crippen molar-refractivity contribution in [3.8, 4) is 0 Å². The van der Waals surface area contributed by atoms with Crippen LogP contribution in [0.25, 0.3) is 0 Å². The fourth-order valence-electron chi connectivity index (χ4n) is 4.51. The molecule has 0 aromatic carbocycles. The molecule has 0 spiro atoms. The van der Waals surface area contributed by atoms with Crippen LogP contribution in [-0.4, -0.2) is 13.8 Å². The fraction of sp³-hybridized carbons (Fsp3) is 0.765. The second-order valence-electron chi connectivity index (χ2n) is 7.97. The van der Waals surface area contributed by atoms with Crippen molar-refractivity contribution in [2.45, 2.75) is 78.9 Å². The molecule has 2 rings (SSSR count). The van der Waals surface area contributed by atoms with Crippen LogP contribution in [0.3, 0.4) is 0 Å². The van der Waals surface area contributed by atoms with E-state index in [-0.39, 0.29) is 27.3 Å². The molecule has 20 heavy (non-hydrogen) atoms. The van der Waals surface area contributed by atoms with Gasteiger partial charge in [-0.25, -0.2) is 0 Å². The maximum Gasteiger partial charge on any atom is 0.148 e. The predicted molar refractivity (Wildman–Crippen MR) is 87.7 cm³/mol. The molecule has 0 saturated carbocycles. The van der Waals surface area contributed by atoms with E-state index in [2.05, 4.69) is 52.7 Å². The Morgan fingerprint density at radius 2 is 1.65 bits per heavy atom. The topological polar surface area (TPSA) is 12.0 Å². The van der Waals surface area contributed by atoms with Crippen molar-refractivity contribution in [3.63, 3.8) is 0 Å². The quantitative estimate of drug-likeness (QED) is 0.708. The monoisotopic (exact) mass is 325 g/mol. The Kier molecular flexibility index (Phi) is 5.75. The van der Waals surface area contributed by atoms with Gasteiger partial charge in [-0.1, -0.05) is 36.4 Å². The summed E-state index contributed by atoms with van der Waals surface area (Å²) in [5, 5.41) is 1.77. The molecule has 1 nitrogen and oxygen atoms in total. The van der Waals surface area contributed by atoms with Crippen molar-refractivity contribution in [2.75, 3.05) is 0 Å². The molecule has 2 aliphatic rings. The number of hydrogen-bond donors (Lipinski definition) is 1. The van der Waals surface area contributed by atoms with Gasteiger partial charge in [0.2, 0.25) is 0 Å². The van der Waals surface area contributed by atoms with Crippen LogP contribution >= 0.6 is 0 Å². The molecule has 0 heterocycles. The second-order valence-corrected chi connectivity index (χ2v) is 12.0. The standard InChI is InChI=1S/C17H31NSi.Ti/c1-12-14-10-8-9-11-15(14)13(2)16(12)19(6,7)18-17(3,4)5;/h12,18H,8-11H2,1-7H3;. The average Bonchev–Trinajstić information content (AvgIpc) is 2.49. The molecule has 0 fully saturated rings. The molecule has 0 aromatic rings. The van der Waals surface area contributed by atoms with Crippen LogP contribution in [0.2, 0.25) is 13.1 Å². The van der Waals surface area contributed by atoms with Gasteiger partial charge in [0.15, 0.2) is 0 Å². The smallest absolute Gasteiger partial charge is 0.148 e. The molecule has 0 aromatic heterocycles. The van der Waals surface area contributed by atoms with Crippen LogP contribution in [0.4, 0.5) is 0 Å². The van der Waals surface area contributed by atoms with Crippen molar-refractivity contribution in [2.24, 2.45) is 5.92 Å². The van der Waals surface area contributed by atoms with Crippen LogP contribution in [0.5, 0.6) is 0 Å². The molecule has 2 aliphatic carbocycles. The summed E-state index contributed by atoms with van der Waals surface area (Å²) in [6.45, 7) is 16.7. The number of hydrogen-bond acceptors (Lipinski definition) is 1. The van der Waals surface area contributed by atoms with E-state index in [9.17, 15) is 0 Å². The molecule has 3 heteroatoms. The van der Waals surface area contributed by atoms with E-state index < -0.39 is 8.24 Å². The molecule has 1 atom stereocenters. The minimum atomic E-state index is -1.53. The van der Waals surface area contributed by atoms with Crippen molar-refractivity contribution in [1.29, 1.82) is 0 Å². The van der Waals surface area contributed by atoms with Gasteiger partial charge in [-0.15, -0.1) is 0 Å².